The molecule has 2 aliphatic heterocycles. The third-order valence-electron chi connectivity index (χ3n) is 6.12. The fraction of sp³-hybridized carbons (Fsp3) is 0.500. The molecule has 0 bridgehead atoms. The number of nitrogens with zero attached hydrogens (tertiary/aromatic N) is 2. The number of amides is 1. The van der Waals surface area contributed by atoms with E-state index in [0.717, 1.165) is 12.1 Å². The number of thiophene rings is 1. The van der Waals surface area contributed by atoms with Crippen molar-refractivity contribution in [3.8, 4) is 0 Å². The Morgan fingerprint density at radius 1 is 1.15 bits per heavy atom. The van der Waals surface area contributed by atoms with E-state index in [9.17, 15) is 28.2 Å². The van der Waals surface area contributed by atoms with Gasteiger partial charge in [0.05, 0.1) is 29.2 Å². The molecule has 2 saturated heterocycles. The molecule has 0 radical (unpaired) electrons. The number of nitrogens with one attached hydrogen (secondary N) is 1. The highest BCUT2D eigenvalue weighted by Crippen LogP contribution is 2.32. The van der Waals surface area contributed by atoms with Crippen LogP contribution in [-0.4, -0.2) is 84.7 Å². The molecule has 4 atom stereocenters. The van der Waals surface area contributed by atoms with Crippen LogP contribution in [0, 0.1) is 0 Å². The molecule has 33 heavy (non-hydrogen) atoms. The second-order valence-electron chi connectivity index (χ2n) is 8.14. The van der Waals surface area contributed by atoms with E-state index < -0.39 is 36.1 Å². The molecule has 2 fully saturated rings. The van der Waals surface area contributed by atoms with Crippen LogP contribution in [0.5, 0.6) is 0 Å². The molecule has 0 unspecified atom stereocenters. The zero-order valence-electron chi connectivity index (χ0n) is 17.7. The van der Waals surface area contributed by atoms with E-state index in [-0.39, 0.29) is 19.1 Å². The van der Waals surface area contributed by atoms with E-state index in [1.54, 1.807) is 23.6 Å². The molecule has 11 heteroatoms. The van der Waals surface area contributed by atoms with Crippen LogP contribution >= 0.6 is 11.3 Å². The van der Waals surface area contributed by atoms with Gasteiger partial charge in [-0.15, -0.1) is 11.3 Å². The lowest BCUT2D eigenvalue weighted by Gasteiger charge is -2.41. The number of halogens is 3. The molecule has 0 saturated carbocycles. The van der Waals surface area contributed by atoms with Gasteiger partial charge in [0.25, 0.3) is 5.91 Å². The molecule has 1 aromatic carbocycles. The van der Waals surface area contributed by atoms with E-state index >= 15 is 0 Å². The molecule has 7 nitrogen and oxygen atoms in total. The maximum absolute atomic E-state index is 13.1. The van der Waals surface area contributed by atoms with Gasteiger partial charge in [0, 0.05) is 38.4 Å². The number of aliphatic hydroxyl groups is 2. The highest BCUT2D eigenvalue weighted by atomic mass is 32.1. The zero-order valence-corrected chi connectivity index (χ0v) is 18.6. The SMILES string of the molecule is O=C(NC[C@H]1O[C@@H](CO)[C@@H](O)[C@H]1N1CCN(c2cccc(C(F)(F)F)c2)CC1)c1cccs1. The Morgan fingerprint density at radius 2 is 1.91 bits per heavy atom. The molecule has 3 heterocycles. The highest BCUT2D eigenvalue weighted by molar-refractivity contribution is 7.12. The van der Waals surface area contributed by atoms with E-state index in [1.165, 1.54) is 17.4 Å². The molecular formula is C22H26F3N3O4S. The number of aliphatic hydroxyl groups excluding tert-OH is 2. The van der Waals surface area contributed by atoms with Gasteiger partial charge in [-0.25, -0.2) is 0 Å². The molecule has 2 aromatic rings. The lowest BCUT2D eigenvalue weighted by atomic mass is 10.0. The monoisotopic (exact) mass is 485 g/mol. The van der Waals surface area contributed by atoms with Crippen LogP contribution in [0.25, 0.3) is 0 Å². The summed E-state index contributed by atoms with van der Waals surface area (Å²) in [7, 11) is 0. The summed E-state index contributed by atoms with van der Waals surface area (Å²) in [5.74, 6) is -0.233. The number of carbonyl (C=O) groups excluding carboxylic acids is 1. The molecule has 2 aliphatic rings. The van der Waals surface area contributed by atoms with Crippen molar-refractivity contribution < 1.29 is 32.9 Å². The second kappa shape index (κ2) is 9.98. The van der Waals surface area contributed by atoms with Crippen LogP contribution in [-0.2, 0) is 10.9 Å². The van der Waals surface area contributed by atoms with Crippen molar-refractivity contribution >= 4 is 22.9 Å². The normalized spacial score (nSPS) is 26.5. The fourth-order valence-corrected chi connectivity index (χ4v) is 5.08. The maximum Gasteiger partial charge on any atom is 0.416 e. The number of hydrogen-bond donors (Lipinski definition) is 3. The Morgan fingerprint density at radius 3 is 2.55 bits per heavy atom. The predicted octanol–water partition coefficient (Wildman–Crippen LogP) is 1.81. The van der Waals surface area contributed by atoms with Crippen molar-refractivity contribution in [2.75, 3.05) is 44.2 Å². The van der Waals surface area contributed by atoms with E-state index in [4.69, 9.17) is 4.74 Å². The van der Waals surface area contributed by atoms with Gasteiger partial charge in [-0.2, -0.15) is 13.2 Å². The van der Waals surface area contributed by atoms with Crippen LogP contribution in [0.3, 0.4) is 0 Å². The van der Waals surface area contributed by atoms with E-state index in [1.807, 2.05) is 9.80 Å². The lowest BCUT2D eigenvalue weighted by molar-refractivity contribution is -0.137. The number of carbonyl (C=O) groups is 1. The van der Waals surface area contributed by atoms with E-state index in [2.05, 4.69) is 5.32 Å². The fourth-order valence-electron chi connectivity index (χ4n) is 4.44. The summed E-state index contributed by atoms with van der Waals surface area (Å²) in [5.41, 5.74) is -0.185. The van der Waals surface area contributed by atoms with Crippen LogP contribution in [0.15, 0.2) is 41.8 Å². The largest absolute Gasteiger partial charge is 0.416 e. The number of benzene rings is 1. The van der Waals surface area contributed by atoms with Crippen LogP contribution in [0.2, 0.25) is 0 Å². The Kier molecular flexibility index (Phi) is 7.25. The topological polar surface area (TPSA) is 85.3 Å². The van der Waals surface area contributed by atoms with Gasteiger partial charge in [-0.3, -0.25) is 9.69 Å². The molecule has 0 spiro atoms. The minimum absolute atomic E-state index is 0.169. The summed E-state index contributed by atoms with van der Waals surface area (Å²) >= 11 is 1.32. The number of alkyl halides is 3. The minimum atomic E-state index is -4.40. The summed E-state index contributed by atoms with van der Waals surface area (Å²) in [6.45, 7) is 1.76. The summed E-state index contributed by atoms with van der Waals surface area (Å²) in [4.78, 5) is 16.8. The second-order valence-corrected chi connectivity index (χ2v) is 9.08. The van der Waals surface area contributed by atoms with Gasteiger partial charge in [0.2, 0.25) is 0 Å². The smallest absolute Gasteiger partial charge is 0.394 e. The van der Waals surface area contributed by atoms with Crippen molar-refractivity contribution in [1.82, 2.24) is 10.2 Å². The molecule has 3 N–H and O–H groups in total. The first-order valence-corrected chi connectivity index (χ1v) is 11.6. The Hall–Kier alpha value is -2.18. The van der Waals surface area contributed by atoms with Gasteiger partial charge in [-0.1, -0.05) is 12.1 Å². The first-order valence-electron chi connectivity index (χ1n) is 10.7. The van der Waals surface area contributed by atoms with Gasteiger partial charge in [0.15, 0.2) is 0 Å². The molecule has 4 rings (SSSR count). The molecule has 1 amide bonds. The first kappa shape index (κ1) is 24.0. The average molecular weight is 486 g/mol. The van der Waals surface area contributed by atoms with Gasteiger partial charge < -0.3 is 25.2 Å². The van der Waals surface area contributed by atoms with Crippen molar-refractivity contribution in [3.63, 3.8) is 0 Å². The van der Waals surface area contributed by atoms with Crippen LogP contribution in [0.4, 0.5) is 18.9 Å². The molecule has 0 aliphatic carbocycles. The van der Waals surface area contributed by atoms with Gasteiger partial charge in [-0.05, 0) is 29.6 Å². The number of ether oxygens (including phenoxy) is 1. The average Bonchev–Trinajstić information content (AvgIpc) is 3.45. The van der Waals surface area contributed by atoms with E-state index in [0.29, 0.717) is 36.7 Å². The molecule has 180 valence electrons. The zero-order chi connectivity index (χ0) is 23.6. The minimum Gasteiger partial charge on any atom is -0.394 e. The highest BCUT2D eigenvalue weighted by Gasteiger charge is 2.46. The van der Waals surface area contributed by atoms with Gasteiger partial charge >= 0.3 is 6.18 Å². The van der Waals surface area contributed by atoms with Crippen molar-refractivity contribution in [3.05, 3.63) is 52.2 Å². The number of piperazine rings is 1. The van der Waals surface area contributed by atoms with Crippen molar-refractivity contribution in [2.45, 2.75) is 30.5 Å². The summed E-state index contributed by atoms with van der Waals surface area (Å²) < 4.78 is 45.0. The molecule has 1 aromatic heterocycles. The number of rotatable bonds is 6. The van der Waals surface area contributed by atoms with Crippen LogP contribution in [0.1, 0.15) is 15.2 Å². The van der Waals surface area contributed by atoms with Gasteiger partial charge in [0.1, 0.15) is 12.2 Å². The lowest BCUT2D eigenvalue weighted by Crippen LogP contribution is -2.57. The maximum atomic E-state index is 13.1. The summed E-state index contributed by atoms with van der Waals surface area (Å²) in [5, 5.41) is 25.0. The quantitative estimate of drug-likeness (QED) is 0.579. The standard InChI is InChI=1S/C22H26F3N3O4S/c23-22(24,25)14-3-1-4-15(11-14)27-6-8-28(9-7-27)19-16(32-17(13-29)20(19)30)12-26-21(31)18-5-2-10-33-18/h1-5,10-11,16-17,19-20,29-30H,6-9,12-13H2,(H,26,31)/t16-,17+,19+,20-/m1/s1. The number of anilines is 1. The summed E-state index contributed by atoms with van der Waals surface area (Å²) in [6, 6.07) is 8.30. The van der Waals surface area contributed by atoms with Crippen molar-refractivity contribution in [1.29, 1.82) is 0 Å². The first-order chi connectivity index (χ1) is 15.8. The third-order valence-corrected chi connectivity index (χ3v) is 6.99. The predicted molar refractivity (Wildman–Crippen MR) is 117 cm³/mol. The Labute approximate surface area is 193 Å². The third kappa shape index (κ3) is 5.33. The van der Waals surface area contributed by atoms with Crippen molar-refractivity contribution in [2.24, 2.45) is 0 Å². The number of hydrogen-bond acceptors (Lipinski definition) is 7. The Balaban J connectivity index is 1.40. The summed E-state index contributed by atoms with van der Waals surface area (Å²) in [6.07, 6.45) is -6.64. The molecular weight excluding hydrogens is 459 g/mol. The Bertz CT molecular complexity index is 935. The van der Waals surface area contributed by atoms with Crippen LogP contribution < -0.4 is 10.2 Å².